The van der Waals surface area contributed by atoms with Crippen LogP contribution in [-0.4, -0.2) is 5.16 Å². The molecule has 80 valence electrons. The van der Waals surface area contributed by atoms with Gasteiger partial charge in [-0.3, -0.25) is 0 Å². The molecule has 0 saturated carbocycles. The summed E-state index contributed by atoms with van der Waals surface area (Å²) in [6.45, 7) is 5.78. The third kappa shape index (κ3) is 3.51. The zero-order chi connectivity index (χ0) is 11.1. The van der Waals surface area contributed by atoms with Crippen LogP contribution in [0.3, 0.4) is 0 Å². The van der Waals surface area contributed by atoms with Crippen LogP contribution >= 0.6 is 15.9 Å². The Morgan fingerprint density at radius 1 is 1.67 bits per heavy atom. The molecule has 1 aromatic heterocycles. The fourth-order valence-corrected chi connectivity index (χ4v) is 1.37. The first-order valence-electron chi connectivity index (χ1n) is 4.83. The van der Waals surface area contributed by atoms with E-state index in [1.807, 2.05) is 18.2 Å². The summed E-state index contributed by atoms with van der Waals surface area (Å²) in [7, 11) is 0. The standard InChI is InChI=1S/C12H14BrNO/c1-3-5-7-10(6-4-2)12-8-11(9-13)15-14-12/h4-8H,2-3,9H2,1H3/b7-5-,10-6+. The molecule has 0 aliphatic carbocycles. The molecule has 0 aliphatic heterocycles. The highest BCUT2D eigenvalue weighted by Gasteiger charge is 2.04. The summed E-state index contributed by atoms with van der Waals surface area (Å²) in [5, 5.41) is 4.67. The number of allylic oxidation sites excluding steroid dienone is 5. The highest BCUT2D eigenvalue weighted by atomic mass is 79.9. The van der Waals surface area contributed by atoms with Crippen molar-refractivity contribution in [2.75, 3.05) is 0 Å². The molecule has 0 aromatic carbocycles. The predicted octanol–water partition coefficient (Wildman–Crippen LogP) is 4.11. The van der Waals surface area contributed by atoms with Crippen LogP contribution in [0.2, 0.25) is 0 Å². The second kappa shape index (κ2) is 6.40. The number of nitrogens with zero attached hydrogens (tertiary/aromatic N) is 1. The van der Waals surface area contributed by atoms with E-state index < -0.39 is 0 Å². The van der Waals surface area contributed by atoms with E-state index in [1.165, 1.54) is 0 Å². The number of aromatic nitrogens is 1. The highest BCUT2D eigenvalue weighted by Crippen LogP contribution is 2.17. The van der Waals surface area contributed by atoms with Gasteiger partial charge in [0, 0.05) is 11.6 Å². The minimum absolute atomic E-state index is 0.679. The molecule has 3 heteroatoms. The van der Waals surface area contributed by atoms with Crippen molar-refractivity contribution in [3.63, 3.8) is 0 Å². The molecule has 0 unspecified atom stereocenters. The normalized spacial score (nSPS) is 12.3. The number of alkyl halides is 1. The van der Waals surface area contributed by atoms with Crippen LogP contribution in [0.5, 0.6) is 0 Å². The topological polar surface area (TPSA) is 26.0 Å². The maximum Gasteiger partial charge on any atom is 0.147 e. The number of rotatable bonds is 5. The Kier molecular flexibility index (Phi) is 5.12. The predicted molar refractivity (Wildman–Crippen MR) is 66.7 cm³/mol. The molecule has 0 bridgehead atoms. The molecule has 0 radical (unpaired) electrons. The zero-order valence-electron chi connectivity index (χ0n) is 8.74. The molecule has 15 heavy (non-hydrogen) atoms. The first kappa shape index (κ1) is 12.0. The first-order chi connectivity index (χ1) is 7.31. The Bertz CT molecular complexity index is 377. The Balaban J connectivity index is 2.94. The largest absolute Gasteiger partial charge is 0.360 e. The summed E-state index contributed by atoms with van der Waals surface area (Å²) < 4.78 is 5.12. The lowest BCUT2D eigenvalue weighted by molar-refractivity contribution is 0.394. The molecule has 1 aromatic rings. The molecule has 0 spiro atoms. The molecular weight excluding hydrogens is 254 g/mol. The Labute approximate surface area is 98.5 Å². The van der Waals surface area contributed by atoms with E-state index in [0.29, 0.717) is 5.33 Å². The fourth-order valence-electron chi connectivity index (χ4n) is 1.11. The summed E-state index contributed by atoms with van der Waals surface area (Å²) in [4.78, 5) is 0. The van der Waals surface area contributed by atoms with Gasteiger partial charge in [0.25, 0.3) is 0 Å². The van der Waals surface area contributed by atoms with Gasteiger partial charge in [-0.05, 0) is 6.42 Å². The van der Waals surface area contributed by atoms with Crippen molar-refractivity contribution in [3.05, 3.63) is 48.4 Å². The van der Waals surface area contributed by atoms with E-state index in [0.717, 1.165) is 23.4 Å². The number of halogens is 1. The molecule has 0 N–H and O–H groups in total. The summed E-state index contributed by atoms with van der Waals surface area (Å²) in [5.41, 5.74) is 1.86. The third-order valence-electron chi connectivity index (χ3n) is 1.82. The van der Waals surface area contributed by atoms with Crippen LogP contribution in [0.15, 0.2) is 41.5 Å². The third-order valence-corrected chi connectivity index (χ3v) is 2.37. The quantitative estimate of drug-likeness (QED) is 0.593. The van der Waals surface area contributed by atoms with Gasteiger partial charge in [0.2, 0.25) is 0 Å². The summed E-state index contributed by atoms with van der Waals surface area (Å²) >= 11 is 3.32. The van der Waals surface area contributed by atoms with E-state index in [1.54, 1.807) is 6.08 Å². The molecule has 1 heterocycles. The van der Waals surface area contributed by atoms with E-state index in [2.05, 4.69) is 40.7 Å². The SMILES string of the molecule is C=C/C=C(\C=C/CC)c1cc(CBr)on1. The maximum absolute atomic E-state index is 5.12. The van der Waals surface area contributed by atoms with Crippen LogP contribution < -0.4 is 0 Å². The second-order valence-electron chi connectivity index (χ2n) is 2.98. The number of hydrogen-bond acceptors (Lipinski definition) is 2. The smallest absolute Gasteiger partial charge is 0.147 e. The van der Waals surface area contributed by atoms with Crippen molar-refractivity contribution in [2.24, 2.45) is 0 Å². The Hall–Kier alpha value is -1.09. The van der Waals surface area contributed by atoms with Crippen molar-refractivity contribution in [1.82, 2.24) is 5.16 Å². The Morgan fingerprint density at radius 3 is 3.00 bits per heavy atom. The number of hydrogen-bond donors (Lipinski definition) is 0. The molecule has 0 aliphatic rings. The van der Waals surface area contributed by atoms with Gasteiger partial charge in [-0.25, -0.2) is 0 Å². The fraction of sp³-hybridized carbons (Fsp3) is 0.250. The molecule has 0 atom stereocenters. The summed E-state index contributed by atoms with van der Waals surface area (Å²) in [6, 6.07) is 1.92. The van der Waals surface area contributed by atoms with Crippen molar-refractivity contribution in [3.8, 4) is 0 Å². The highest BCUT2D eigenvalue weighted by molar-refractivity contribution is 9.08. The van der Waals surface area contributed by atoms with Gasteiger partial charge in [0.1, 0.15) is 11.5 Å². The average Bonchev–Trinajstić information content (AvgIpc) is 2.72. The Morgan fingerprint density at radius 2 is 2.47 bits per heavy atom. The minimum Gasteiger partial charge on any atom is -0.360 e. The van der Waals surface area contributed by atoms with Crippen molar-refractivity contribution < 1.29 is 4.52 Å². The van der Waals surface area contributed by atoms with Gasteiger partial charge in [-0.15, -0.1) is 0 Å². The van der Waals surface area contributed by atoms with E-state index in [9.17, 15) is 0 Å². The van der Waals surface area contributed by atoms with Gasteiger partial charge < -0.3 is 4.52 Å². The minimum atomic E-state index is 0.679. The second-order valence-corrected chi connectivity index (χ2v) is 3.54. The average molecular weight is 268 g/mol. The lowest BCUT2D eigenvalue weighted by atomic mass is 10.1. The molecule has 0 amide bonds. The zero-order valence-corrected chi connectivity index (χ0v) is 10.3. The monoisotopic (exact) mass is 267 g/mol. The summed E-state index contributed by atoms with van der Waals surface area (Å²) in [5.74, 6) is 0.824. The van der Waals surface area contributed by atoms with Gasteiger partial charge in [0.05, 0.1) is 5.33 Å². The van der Waals surface area contributed by atoms with E-state index in [-0.39, 0.29) is 0 Å². The van der Waals surface area contributed by atoms with E-state index >= 15 is 0 Å². The van der Waals surface area contributed by atoms with Crippen LogP contribution in [0, 0.1) is 0 Å². The molecule has 2 nitrogen and oxygen atoms in total. The van der Waals surface area contributed by atoms with Gasteiger partial charge in [-0.1, -0.05) is 58.9 Å². The van der Waals surface area contributed by atoms with Gasteiger partial charge in [0.15, 0.2) is 0 Å². The first-order valence-corrected chi connectivity index (χ1v) is 5.95. The van der Waals surface area contributed by atoms with Crippen molar-refractivity contribution in [2.45, 2.75) is 18.7 Å². The van der Waals surface area contributed by atoms with Crippen LogP contribution in [0.1, 0.15) is 24.8 Å². The lowest BCUT2D eigenvalue weighted by Gasteiger charge is -1.93. The maximum atomic E-state index is 5.12. The van der Waals surface area contributed by atoms with Crippen molar-refractivity contribution >= 4 is 21.5 Å². The van der Waals surface area contributed by atoms with Crippen LogP contribution in [0.25, 0.3) is 5.57 Å². The lowest BCUT2D eigenvalue weighted by Crippen LogP contribution is -1.79. The van der Waals surface area contributed by atoms with Gasteiger partial charge in [-0.2, -0.15) is 0 Å². The molecular formula is C12H14BrNO. The molecule has 1 rings (SSSR count). The van der Waals surface area contributed by atoms with Gasteiger partial charge >= 0.3 is 0 Å². The van der Waals surface area contributed by atoms with Crippen LogP contribution in [-0.2, 0) is 5.33 Å². The van der Waals surface area contributed by atoms with Crippen LogP contribution in [0.4, 0.5) is 0 Å². The van der Waals surface area contributed by atoms with Crippen molar-refractivity contribution in [1.29, 1.82) is 0 Å². The molecule has 0 fully saturated rings. The summed E-state index contributed by atoms with van der Waals surface area (Å²) in [6.07, 6.45) is 8.77. The molecule has 0 saturated heterocycles. The van der Waals surface area contributed by atoms with E-state index in [4.69, 9.17) is 4.52 Å².